The number of nitro benzene ring substituents is 2. The van der Waals surface area contributed by atoms with Crippen molar-refractivity contribution in [2.75, 3.05) is 0 Å². The van der Waals surface area contributed by atoms with Crippen LogP contribution in [0.5, 0.6) is 0 Å². The highest BCUT2D eigenvalue weighted by Gasteiger charge is 2.42. The fourth-order valence-electron chi connectivity index (χ4n) is 3.94. The van der Waals surface area contributed by atoms with E-state index in [0.29, 0.717) is 0 Å². The average molecular weight is 399 g/mol. The Morgan fingerprint density at radius 3 is 1.62 bits per heavy atom. The van der Waals surface area contributed by atoms with E-state index in [4.69, 9.17) is 4.74 Å². The Morgan fingerprint density at radius 2 is 1.31 bits per heavy atom. The zero-order valence-corrected chi connectivity index (χ0v) is 18.2. The molecule has 0 saturated carbocycles. The number of hydrogen-bond donors (Lipinski definition) is 0. The number of rotatable bonds is 7. The highest BCUT2D eigenvalue weighted by atomic mass is 28.4. The first-order chi connectivity index (χ1) is 11.6. The fraction of sp³-hybridized carbons (Fsp3) is 0.562. The molecule has 0 aromatic heterocycles. The SMILES string of the molecule is CC(OC(=O)c1cc([N+](=O)[O-])cc([N+](=O)[O-])c1)C([Si](C)(C)C)[Si](C)(C)C. The molecule has 1 rings (SSSR count). The van der Waals surface area contributed by atoms with Crippen molar-refractivity contribution >= 4 is 33.5 Å². The molecule has 1 aromatic carbocycles. The van der Waals surface area contributed by atoms with Crippen LogP contribution in [-0.4, -0.2) is 38.1 Å². The quantitative estimate of drug-likeness (QED) is 0.286. The molecule has 0 N–H and O–H groups in total. The van der Waals surface area contributed by atoms with E-state index in [2.05, 4.69) is 39.3 Å². The van der Waals surface area contributed by atoms with Gasteiger partial charge in [0.25, 0.3) is 11.4 Å². The van der Waals surface area contributed by atoms with E-state index in [1.807, 2.05) is 6.92 Å². The van der Waals surface area contributed by atoms with E-state index in [1.54, 1.807) is 0 Å². The fourth-order valence-corrected chi connectivity index (χ4v) is 17.3. The largest absolute Gasteiger partial charge is 0.459 e. The summed E-state index contributed by atoms with van der Waals surface area (Å²) in [4.78, 5) is 33.0. The van der Waals surface area contributed by atoms with Gasteiger partial charge in [-0.1, -0.05) is 39.3 Å². The van der Waals surface area contributed by atoms with Gasteiger partial charge in [-0.05, 0) is 12.1 Å². The summed E-state index contributed by atoms with van der Waals surface area (Å²) in [6.45, 7) is 15.2. The molecule has 1 aromatic rings. The summed E-state index contributed by atoms with van der Waals surface area (Å²) >= 11 is 0. The topological polar surface area (TPSA) is 113 Å². The first-order valence-corrected chi connectivity index (χ1v) is 15.4. The van der Waals surface area contributed by atoms with E-state index in [0.717, 1.165) is 18.2 Å². The molecule has 0 saturated heterocycles. The molecule has 0 aliphatic rings. The van der Waals surface area contributed by atoms with Gasteiger partial charge in [0.2, 0.25) is 0 Å². The second-order valence-electron chi connectivity index (χ2n) is 8.57. The van der Waals surface area contributed by atoms with Gasteiger partial charge in [0.1, 0.15) is 0 Å². The van der Waals surface area contributed by atoms with Crippen LogP contribution in [-0.2, 0) is 4.74 Å². The summed E-state index contributed by atoms with van der Waals surface area (Å²) in [5.74, 6) is -0.772. The number of carbonyl (C=O) groups is 1. The normalized spacial score (nSPS) is 13.4. The molecule has 1 unspecified atom stereocenters. The molecule has 0 amide bonds. The maximum atomic E-state index is 12.5. The van der Waals surface area contributed by atoms with Gasteiger partial charge in [0.05, 0.1) is 27.6 Å². The summed E-state index contributed by atoms with van der Waals surface area (Å²) in [6.07, 6.45) is -0.362. The number of hydrogen-bond acceptors (Lipinski definition) is 6. The van der Waals surface area contributed by atoms with Crippen molar-refractivity contribution in [3.63, 3.8) is 0 Å². The standard InChI is InChI=1S/C16H26N2O6Si2/c1-11(16(25(2,3)4)26(5,6)7)24-15(19)12-8-13(17(20)21)10-14(9-12)18(22)23/h8-11,16H,1-7H3. The molecule has 10 heteroatoms. The number of nitro groups is 2. The molecule has 0 bridgehead atoms. The summed E-state index contributed by atoms with van der Waals surface area (Å²) in [7, 11) is -3.28. The minimum absolute atomic E-state index is 0.178. The van der Waals surface area contributed by atoms with Crippen LogP contribution >= 0.6 is 0 Å². The maximum absolute atomic E-state index is 12.5. The molecule has 8 nitrogen and oxygen atoms in total. The van der Waals surface area contributed by atoms with Gasteiger partial charge in [0, 0.05) is 28.3 Å². The van der Waals surface area contributed by atoms with Crippen molar-refractivity contribution in [2.24, 2.45) is 0 Å². The molecular weight excluding hydrogens is 372 g/mol. The Balaban J connectivity index is 3.21. The zero-order valence-electron chi connectivity index (χ0n) is 16.2. The summed E-state index contributed by atoms with van der Waals surface area (Å²) in [6, 6.07) is 2.85. The lowest BCUT2D eigenvalue weighted by Crippen LogP contribution is -2.50. The van der Waals surface area contributed by atoms with Gasteiger partial charge in [-0.3, -0.25) is 20.2 Å². The minimum atomic E-state index is -1.64. The number of ether oxygens (including phenoxy) is 1. The van der Waals surface area contributed by atoms with E-state index >= 15 is 0 Å². The third kappa shape index (κ3) is 5.46. The van der Waals surface area contributed by atoms with E-state index < -0.39 is 43.3 Å². The molecule has 144 valence electrons. The van der Waals surface area contributed by atoms with Gasteiger partial charge in [-0.15, -0.1) is 0 Å². The zero-order chi connectivity index (χ0) is 20.4. The molecule has 0 aliphatic heterocycles. The summed E-state index contributed by atoms with van der Waals surface area (Å²) in [5, 5.41) is 22.2. The van der Waals surface area contributed by atoms with Gasteiger partial charge < -0.3 is 4.74 Å². The van der Waals surface area contributed by atoms with Crippen LogP contribution in [0.1, 0.15) is 17.3 Å². The van der Waals surface area contributed by atoms with Crippen LogP contribution in [0, 0.1) is 20.2 Å². The Labute approximate surface area is 154 Å². The van der Waals surface area contributed by atoms with Crippen LogP contribution < -0.4 is 0 Å². The van der Waals surface area contributed by atoms with Crippen molar-refractivity contribution in [3.8, 4) is 0 Å². The molecule has 0 heterocycles. The lowest BCUT2D eigenvalue weighted by molar-refractivity contribution is -0.394. The molecule has 1 atom stereocenters. The van der Waals surface area contributed by atoms with Crippen molar-refractivity contribution in [3.05, 3.63) is 44.0 Å². The minimum Gasteiger partial charge on any atom is -0.459 e. The highest BCUT2D eigenvalue weighted by Crippen LogP contribution is 2.37. The van der Waals surface area contributed by atoms with Crippen molar-refractivity contribution in [2.45, 2.75) is 57.5 Å². The van der Waals surface area contributed by atoms with E-state index in [9.17, 15) is 25.0 Å². The summed E-state index contributed by atoms with van der Waals surface area (Å²) in [5.41, 5.74) is -1.20. The Morgan fingerprint density at radius 1 is 0.923 bits per heavy atom. The number of nitrogens with zero attached hydrogens (tertiary/aromatic N) is 2. The van der Waals surface area contributed by atoms with Crippen LogP contribution in [0.25, 0.3) is 0 Å². The van der Waals surface area contributed by atoms with Crippen LogP contribution in [0.4, 0.5) is 11.4 Å². The van der Waals surface area contributed by atoms with Crippen LogP contribution in [0.15, 0.2) is 18.2 Å². The molecular formula is C16H26N2O6Si2. The van der Waals surface area contributed by atoms with Crippen LogP contribution in [0.3, 0.4) is 0 Å². The first kappa shape index (κ1) is 22.0. The van der Waals surface area contributed by atoms with E-state index in [1.165, 1.54) is 0 Å². The third-order valence-corrected chi connectivity index (χ3v) is 14.1. The Kier molecular flexibility index (Phi) is 6.47. The third-order valence-electron chi connectivity index (χ3n) is 4.19. The van der Waals surface area contributed by atoms with Crippen molar-refractivity contribution < 1.29 is 19.4 Å². The van der Waals surface area contributed by atoms with Crippen LogP contribution in [0.2, 0.25) is 44.4 Å². The lowest BCUT2D eigenvalue weighted by Gasteiger charge is -2.41. The molecule has 0 radical (unpaired) electrons. The number of esters is 1. The highest BCUT2D eigenvalue weighted by molar-refractivity contribution is 6.96. The molecule has 0 spiro atoms. The van der Waals surface area contributed by atoms with Gasteiger partial charge in [0.15, 0.2) is 0 Å². The van der Waals surface area contributed by atoms with Gasteiger partial charge in [-0.25, -0.2) is 4.79 Å². The average Bonchev–Trinajstić information content (AvgIpc) is 2.43. The smallest absolute Gasteiger partial charge is 0.338 e. The Hall–Kier alpha value is -2.08. The predicted molar refractivity (Wildman–Crippen MR) is 105 cm³/mol. The van der Waals surface area contributed by atoms with Gasteiger partial charge in [-0.2, -0.15) is 0 Å². The molecule has 0 aliphatic carbocycles. The second-order valence-corrected chi connectivity index (χ2v) is 19.9. The number of benzene rings is 1. The monoisotopic (exact) mass is 398 g/mol. The second kappa shape index (κ2) is 7.66. The first-order valence-electron chi connectivity index (χ1n) is 8.29. The Bertz CT molecular complexity index is 678. The van der Waals surface area contributed by atoms with Crippen molar-refractivity contribution in [1.82, 2.24) is 0 Å². The number of carbonyl (C=O) groups excluding carboxylic acids is 1. The van der Waals surface area contributed by atoms with Crippen molar-refractivity contribution in [1.29, 1.82) is 0 Å². The predicted octanol–water partition coefficient (Wildman–Crippen LogP) is 4.63. The maximum Gasteiger partial charge on any atom is 0.338 e. The lowest BCUT2D eigenvalue weighted by atomic mass is 10.2. The number of non-ortho nitro benzene ring substituents is 2. The summed E-state index contributed by atoms with van der Waals surface area (Å²) < 4.78 is 5.61. The molecule has 26 heavy (non-hydrogen) atoms. The molecule has 0 fully saturated rings. The van der Waals surface area contributed by atoms with Gasteiger partial charge >= 0.3 is 5.97 Å². The van der Waals surface area contributed by atoms with E-state index in [-0.39, 0.29) is 16.8 Å².